The van der Waals surface area contributed by atoms with Gasteiger partial charge in [-0.1, -0.05) is 19.0 Å². The van der Waals surface area contributed by atoms with E-state index in [1.165, 1.54) is 0 Å². The van der Waals surface area contributed by atoms with Crippen molar-refractivity contribution in [2.75, 3.05) is 13.1 Å². The molecule has 0 aromatic carbocycles. The summed E-state index contributed by atoms with van der Waals surface area (Å²) in [6.45, 7) is 6.32. The molecule has 0 amide bonds. The first kappa shape index (κ1) is 12.3. The number of hydrogen-bond acceptors (Lipinski definition) is 5. The first-order chi connectivity index (χ1) is 9.12. The minimum atomic E-state index is -0.0343. The molecule has 3 heterocycles. The number of aromatic nitrogens is 4. The van der Waals surface area contributed by atoms with Crippen molar-refractivity contribution in [3.63, 3.8) is 0 Å². The minimum absolute atomic E-state index is 0.0343. The average molecular weight is 261 g/mol. The third kappa shape index (κ3) is 1.96. The Morgan fingerprint density at radius 2 is 2.32 bits per heavy atom. The largest absolute Gasteiger partial charge is 0.338 e. The Morgan fingerprint density at radius 1 is 1.47 bits per heavy atom. The lowest BCUT2D eigenvalue weighted by atomic mass is 9.76. The maximum absolute atomic E-state index is 5.54. The summed E-state index contributed by atoms with van der Waals surface area (Å²) in [6.07, 6.45) is 4.69. The molecular formula is C13H19N5O. The summed E-state index contributed by atoms with van der Waals surface area (Å²) in [6, 6.07) is 0. The van der Waals surface area contributed by atoms with Gasteiger partial charge in [0.1, 0.15) is 0 Å². The third-order valence-electron chi connectivity index (χ3n) is 4.11. The summed E-state index contributed by atoms with van der Waals surface area (Å²) in [5.41, 5.74) is 0.857. The Kier molecular flexibility index (Phi) is 2.89. The minimum Gasteiger partial charge on any atom is -0.338 e. The van der Waals surface area contributed by atoms with Crippen LogP contribution in [0.5, 0.6) is 0 Å². The second kappa shape index (κ2) is 4.45. The normalized spacial score (nSPS) is 23.4. The second-order valence-electron chi connectivity index (χ2n) is 5.56. The summed E-state index contributed by atoms with van der Waals surface area (Å²) in [5, 5.41) is 11.6. The van der Waals surface area contributed by atoms with E-state index in [9.17, 15) is 0 Å². The molecule has 102 valence electrons. The predicted molar refractivity (Wildman–Crippen MR) is 70.5 cm³/mol. The van der Waals surface area contributed by atoms with E-state index < -0.39 is 0 Å². The summed E-state index contributed by atoms with van der Waals surface area (Å²) in [7, 11) is 1.88. The van der Waals surface area contributed by atoms with E-state index >= 15 is 0 Å². The maximum Gasteiger partial charge on any atom is 0.234 e. The van der Waals surface area contributed by atoms with Crippen LogP contribution in [0.1, 0.15) is 26.2 Å². The molecule has 0 spiro atoms. The molecule has 6 nitrogen and oxygen atoms in total. The van der Waals surface area contributed by atoms with Crippen LogP contribution in [0.25, 0.3) is 11.4 Å². The molecule has 2 aromatic heterocycles. The van der Waals surface area contributed by atoms with Gasteiger partial charge < -0.3 is 9.84 Å². The number of aryl methyl sites for hydroxylation is 1. The number of nitrogens with one attached hydrogen (secondary N) is 1. The van der Waals surface area contributed by atoms with E-state index in [-0.39, 0.29) is 5.41 Å². The molecule has 0 bridgehead atoms. The van der Waals surface area contributed by atoms with Gasteiger partial charge in [-0.15, -0.1) is 0 Å². The Hall–Kier alpha value is -1.69. The van der Waals surface area contributed by atoms with Crippen molar-refractivity contribution in [1.82, 2.24) is 25.2 Å². The molecule has 2 aromatic rings. The zero-order valence-corrected chi connectivity index (χ0v) is 11.6. The van der Waals surface area contributed by atoms with Crippen LogP contribution in [0.4, 0.5) is 0 Å². The van der Waals surface area contributed by atoms with Gasteiger partial charge in [-0.25, -0.2) is 0 Å². The van der Waals surface area contributed by atoms with Crippen molar-refractivity contribution in [2.45, 2.75) is 25.7 Å². The van der Waals surface area contributed by atoms with Crippen molar-refractivity contribution in [3.05, 3.63) is 18.3 Å². The Bertz CT molecular complexity index is 565. The zero-order chi connectivity index (χ0) is 13.5. The van der Waals surface area contributed by atoms with Crippen molar-refractivity contribution in [2.24, 2.45) is 13.0 Å². The molecule has 1 aliphatic rings. The first-order valence-electron chi connectivity index (χ1n) is 6.66. The first-order valence-corrected chi connectivity index (χ1v) is 6.66. The summed E-state index contributed by atoms with van der Waals surface area (Å²) in [5.74, 6) is 1.83. The van der Waals surface area contributed by atoms with Crippen molar-refractivity contribution >= 4 is 0 Å². The van der Waals surface area contributed by atoms with E-state index in [4.69, 9.17) is 4.52 Å². The summed E-state index contributed by atoms with van der Waals surface area (Å²) in [4.78, 5) is 4.60. The lowest BCUT2D eigenvalue weighted by molar-refractivity contribution is 0.234. The maximum atomic E-state index is 5.54. The van der Waals surface area contributed by atoms with Crippen LogP contribution in [-0.2, 0) is 12.5 Å². The van der Waals surface area contributed by atoms with Crippen LogP contribution in [0.2, 0.25) is 0 Å². The molecule has 0 aliphatic carbocycles. The fraction of sp³-hybridized carbons (Fsp3) is 0.615. The van der Waals surface area contributed by atoms with E-state index in [0.717, 1.165) is 31.0 Å². The average Bonchev–Trinajstić information content (AvgIpc) is 3.08. The van der Waals surface area contributed by atoms with Gasteiger partial charge in [-0.3, -0.25) is 4.68 Å². The second-order valence-corrected chi connectivity index (χ2v) is 5.56. The van der Waals surface area contributed by atoms with Crippen molar-refractivity contribution < 1.29 is 4.52 Å². The van der Waals surface area contributed by atoms with Crippen molar-refractivity contribution in [3.8, 4) is 11.4 Å². The fourth-order valence-corrected chi connectivity index (χ4v) is 2.71. The SMILES string of the molecule is CC(C)C1(c2nc(-c3cnn(C)c3)no2)CCNC1. The lowest BCUT2D eigenvalue weighted by Gasteiger charge is -2.27. The van der Waals surface area contributed by atoms with Gasteiger partial charge in [0.15, 0.2) is 0 Å². The molecule has 0 saturated carbocycles. The highest BCUT2D eigenvalue weighted by atomic mass is 16.5. The van der Waals surface area contributed by atoms with E-state index in [1.54, 1.807) is 10.9 Å². The smallest absolute Gasteiger partial charge is 0.234 e. The quantitative estimate of drug-likeness (QED) is 0.903. The van der Waals surface area contributed by atoms with Crippen LogP contribution >= 0.6 is 0 Å². The van der Waals surface area contributed by atoms with Gasteiger partial charge in [-0.05, 0) is 18.9 Å². The molecule has 1 N–H and O–H groups in total. The molecule has 0 radical (unpaired) electrons. The topological polar surface area (TPSA) is 68.8 Å². The fourth-order valence-electron chi connectivity index (χ4n) is 2.71. The highest BCUT2D eigenvalue weighted by Gasteiger charge is 2.43. The molecule has 1 unspecified atom stereocenters. The standard InChI is InChI=1S/C13H19N5O/c1-9(2)13(4-5-14-8-13)12-16-11(17-19-12)10-6-15-18(3)7-10/h6-7,9,14H,4-5,8H2,1-3H3. The van der Waals surface area contributed by atoms with Crippen LogP contribution in [-0.4, -0.2) is 33.0 Å². The highest BCUT2D eigenvalue weighted by molar-refractivity contribution is 5.51. The lowest BCUT2D eigenvalue weighted by Crippen LogP contribution is -2.35. The van der Waals surface area contributed by atoms with Gasteiger partial charge in [0, 0.05) is 19.8 Å². The Balaban J connectivity index is 1.96. The molecule has 1 atom stereocenters. The van der Waals surface area contributed by atoms with Crippen LogP contribution < -0.4 is 5.32 Å². The van der Waals surface area contributed by atoms with Gasteiger partial charge in [0.05, 0.1) is 17.2 Å². The summed E-state index contributed by atoms with van der Waals surface area (Å²) < 4.78 is 7.28. The third-order valence-corrected chi connectivity index (χ3v) is 4.11. The molecule has 6 heteroatoms. The number of rotatable bonds is 3. The Labute approximate surface area is 112 Å². The Morgan fingerprint density at radius 3 is 2.89 bits per heavy atom. The van der Waals surface area contributed by atoms with E-state index in [0.29, 0.717) is 11.7 Å². The van der Waals surface area contributed by atoms with Crippen LogP contribution in [0.15, 0.2) is 16.9 Å². The van der Waals surface area contributed by atoms with Gasteiger partial charge in [-0.2, -0.15) is 10.1 Å². The van der Waals surface area contributed by atoms with Gasteiger partial charge in [0.2, 0.25) is 11.7 Å². The number of hydrogen-bond donors (Lipinski definition) is 1. The van der Waals surface area contributed by atoms with Gasteiger partial charge >= 0.3 is 0 Å². The van der Waals surface area contributed by atoms with Gasteiger partial charge in [0.25, 0.3) is 0 Å². The predicted octanol–water partition coefficient (Wildman–Crippen LogP) is 1.36. The number of nitrogens with zero attached hydrogens (tertiary/aromatic N) is 4. The highest BCUT2D eigenvalue weighted by Crippen LogP contribution is 2.37. The molecular weight excluding hydrogens is 242 g/mol. The monoisotopic (exact) mass is 261 g/mol. The zero-order valence-electron chi connectivity index (χ0n) is 11.6. The van der Waals surface area contributed by atoms with Crippen molar-refractivity contribution in [1.29, 1.82) is 0 Å². The molecule has 3 rings (SSSR count). The molecule has 1 fully saturated rings. The molecule has 19 heavy (non-hydrogen) atoms. The van der Waals surface area contributed by atoms with E-state index in [2.05, 4.69) is 34.4 Å². The molecule has 1 aliphatic heterocycles. The van der Waals surface area contributed by atoms with Crippen LogP contribution in [0.3, 0.4) is 0 Å². The van der Waals surface area contributed by atoms with Crippen LogP contribution in [0, 0.1) is 5.92 Å². The van der Waals surface area contributed by atoms with E-state index in [1.807, 2.05) is 13.2 Å². The molecule has 1 saturated heterocycles. The summed E-state index contributed by atoms with van der Waals surface area (Å²) >= 11 is 0.